The number of ether oxygens (including phenoxy) is 1. The van der Waals surface area contributed by atoms with Crippen molar-refractivity contribution >= 4 is 17.5 Å². The fraction of sp³-hybridized carbons (Fsp3) is 0.250. The number of aryl methyl sites for hydroxylation is 1. The van der Waals surface area contributed by atoms with Gasteiger partial charge in [-0.05, 0) is 37.6 Å². The largest absolute Gasteiger partial charge is 0.485 e. The first kappa shape index (κ1) is 18.2. The van der Waals surface area contributed by atoms with Gasteiger partial charge in [-0.15, -0.1) is 10.2 Å². The van der Waals surface area contributed by atoms with E-state index in [1.807, 2.05) is 66.1 Å². The molecule has 0 spiro atoms. The number of para-hydroxylation sites is 2. The van der Waals surface area contributed by atoms with Crippen LogP contribution in [0.2, 0.25) is 0 Å². The van der Waals surface area contributed by atoms with Crippen molar-refractivity contribution < 1.29 is 9.53 Å². The zero-order chi connectivity index (χ0) is 18.4. The van der Waals surface area contributed by atoms with Crippen molar-refractivity contribution in [3.8, 4) is 11.4 Å². The first-order valence-electron chi connectivity index (χ1n) is 8.45. The van der Waals surface area contributed by atoms with Gasteiger partial charge in [-0.25, -0.2) is 0 Å². The van der Waals surface area contributed by atoms with Gasteiger partial charge in [0.25, 0.3) is 0 Å². The van der Waals surface area contributed by atoms with Crippen LogP contribution in [0, 0.1) is 6.92 Å². The lowest BCUT2D eigenvalue weighted by molar-refractivity contribution is -0.116. The van der Waals surface area contributed by atoms with E-state index >= 15 is 0 Å². The van der Waals surface area contributed by atoms with E-state index < -0.39 is 0 Å². The molecule has 0 aliphatic rings. The van der Waals surface area contributed by atoms with Crippen LogP contribution in [0.4, 0.5) is 0 Å². The second kappa shape index (κ2) is 8.67. The fourth-order valence-electron chi connectivity index (χ4n) is 2.47. The summed E-state index contributed by atoms with van der Waals surface area (Å²) < 4.78 is 7.94. The molecule has 0 saturated heterocycles. The summed E-state index contributed by atoms with van der Waals surface area (Å²) in [4.78, 5) is 11.2. The molecule has 0 aliphatic heterocycles. The number of carbonyl (C=O) groups is 1. The topological polar surface area (TPSA) is 57.0 Å². The van der Waals surface area contributed by atoms with Gasteiger partial charge in [-0.2, -0.15) is 0 Å². The van der Waals surface area contributed by atoms with Crippen LogP contribution in [0.15, 0.2) is 59.8 Å². The minimum atomic E-state index is 0.173. The summed E-state index contributed by atoms with van der Waals surface area (Å²) in [5, 5.41) is 9.39. The summed E-state index contributed by atoms with van der Waals surface area (Å²) in [6, 6.07) is 17.8. The van der Waals surface area contributed by atoms with Gasteiger partial charge in [0.15, 0.2) is 11.0 Å². The van der Waals surface area contributed by atoms with Gasteiger partial charge in [-0.3, -0.25) is 9.36 Å². The summed E-state index contributed by atoms with van der Waals surface area (Å²) in [5.41, 5.74) is 2.06. The lowest BCUT2D eigenvalue weighted by Gasteiger charge is -2.12. The number of aromatic nitrogens is 3. The summed E-state index contributed by atoms with van der Waals surface area (Å²) in [7, 11) is 0. The molecule has 1 aromatic heterocycles. The Morgan fingerprint density at radius 2 is 1.81 bits per heavy atom. The normalized spacial score (nSPS) is 10.7. The summed E-state index contributed by atoms with van der Waals surface area (Å²) >= 11 is 1.53. The Morgan fingerprint density at radius 3 is 2.54 bits per heavy atom. The lowest BCUT2D eigenvalue weighted by atomic mass is 10.2. The number of thioether (sulfide) groups is 1. The second-order valence-electron chi connectivity index (χ2n) is 5.92. The van der Waals surface area contributed by atoms with Crippen molar-refractivity contribution in [2.45, 2.75) is 32.0 Å². The molecule has 0 atom stereocenters. The third-order valence-electron chi connectivity index (χ3n) is 3.85. The van der Waals surface area contributed by atoms with E-state index in [0.717, 1.165) is 28.0 Å². The van der Waals surface area contributed by atoms with E-state index in [1.54, 1.807) is 6.92 Å². The molecular formula is C20H21N3O2S. The Hall–Kier alpha value is -2.60. The number of hydrogen-bond acceptors (Lipinski definition) is 5. The molecule has 0 aliphatic carbocycles. The van der Waals surface area contributed by atoms with E-state index in [-0.39, 0.29) is 5.78 Å². The SMILES string of the molecule is CC(=O)CCSc1nnc(COc2ccccc2C)n1-c1ccccc1. The molecule has 2 aromatic carbocycles. The lowest BCUT2D eigenvalue weighted by Crippen LogP contribution is -2.07. The Labute approximate surface area is 157 Å². The van der Waals surface area contributed by atoms with Crippen molar-refractivity contribution in [3.63, 3.8) is 0 Å². The summed E-state index contributed by atoms with van der Waals surface area (Å²) in [6.07, 6.45) is 0.515. The van der Waals surface area contributed by atoms with Crippen molar-refractivity contribution in [1.82, 2.24) is 14.8 Å². The molecule has 0 saturated carbocycles. The molecule has 5 nitrogen and oxygen atoms in total. The number of benzene rings is 2. The number of nitrogens with zero attached hydrogens (tertiary/aromatic N) is 3. The van der Waals surface area contributed by atoms with Crippen LogP contribution < -0.4 is 4.74 Å². The van der Waals surface area contributed by atoms with E-state index in [4.69, 9.17) is 4.74 Å². The van der Waals surface area contributed by atoms with E-state index in [0.29, 0.717) is 18.8 Å². The highest BCUT2D eigenvalue weighted by Gasteiger charge is 2.15. The molecule has 3 aromatic rings. The first-order valence-corrected chi connectivity index (χ1v) is 9.44. The standard InChI is InChI=1S/C20H21N3O2S/c1-15-8-6-7-11-18(15)25-14-19-21-22-20(26-13-12-16(2)24)23(19)17-9-4-3-5-10-17/h3-11H,12-14H2,1-2H3. The Kier molecular flexibility index (Phi) is 6.07. The smallest absolute Gasteiger partial charge is 0.195 e. The van der Waals surface area contributed by atoms with Crippen molar-refractivity contribution in [2.75, 3.05) is 5.75 Å². The van der Waals surface area contributed by atoms with Crippen molar-refractivity contribution in [1.29, 1.82) is 0 Å². The minimum Gasteiger partial charge on any atom is -0.485 e. The summed E-state index contributed by atoms with van der Waals surface area (Å²) in [5.74, 6) is 2.41. The maximum absolute atomic E-state index is 11.2. The number of Topliss-reactive ketones (excluding diaryl/α,β-unsaturated/α-hetero) is 1. The molecule has 3 rings (SSSR count). The van der Waals surface area contributed by atoms with Crippen LogP contribution in [0.3, 0.4) is 0 Å². The quantitative estimate of drug-likeness (QED) is 0.558. The van der Waals surface area contributed by atoms with Gasteiger partial charge in [-0.1, -0.05) is 48.2 Å². The average Bonchev–Trinajstić information content (AvgIpc) is 3.04. The first-order chi connectivity index (χ1) is 12.6. The van der Waals surface area contributed by atoms with E-state index in [2.05, 4.69) is 10.2 Å². The molecule has 134 valence electrons. The maximum Gasteiger partial charge on any atom is 0.195 e. The third-order valence-corrected chi connectivity index (χ3v) is 4.78. The van der Waals surface area contributed by atoms with Gasteiger partial charge in [0, 0.05) is 17.9 Å². The molecule has 26 heavy (non-hydrogen) atoms. The van der Waals surface area contributed by atoms with Crippen LogP contribution in [0.5, 0.6) is 5.75 Å². The van der Waals surface area contributed by atoms with Crippen molar-refractivity contribution in [3.05, 3.63) is 66.0 Å². The van der Waals surface area contributed by atoms with E-state index in [9.17, 15) is 4.79 Å². The highest BCUT2D eigenvalue weighted by Crippen LogP contribution is 2.24. The molecule has 0 unspecified atom stereocenters. The molecular weight excluding hydrogens is 346 g/mol. The monoisotopic (exact) mass is 367 g/mol. The molecule has 0 bridgehead atoms. The zero-order valence-corrected chi connectivity index (χ0v) is 15.7. The predicted molar refractivity (Wildman–Crippen MR) is 103 cm³/mol. The van der Waals surface area contributed by atoms with Crippen LogP contribution >= 0.6 is 11.8 Å². The van der Waals surface area contributed by atoms with Crippen molar-refractivity contribution in [2.24, 2.45) is 0 Å². The summed E-state index contributed by atoms with van der Waals surface area (Å²) in [6.45, 7) is 3.93. The highest BCUT2D eigenvalue weighted by atomic mass is 32.2. The predicted octanol–water partition coefficient (Wildman–Crippen LogP) is 4.23. The van der Waals surface area contributed by atoms with E-state index in [1.165, 1.54) is 11.8 Å². The minimum absolute atomic E-state index is 0.173. The number of ketones is 1. The molecule has 0 N–H and O–H groups in total. The average molecular weight is 367 g/mol. The molecule has 0 fully saturated rings. The Balaban J connectivity index is 1.83. The molecule has 6 heteroatoms. The molecule has 0 radical (unpaired) electrons. The van der Waals surface area contributed by atoms with Crippen LogP contribution in [-0.4, -0.2) is 26.3 Å². The van der Waals surface area contributed by atoms with Gasteiger partial charge >= 0.3 is 0 Å². The number of hydrogen-bond donors (Lipinski definition) is 0. The zero-order valence-electron chi connectivity index (χ0n) is 14.9. The maximum atomic E-state index is 11.2. The van der Waals surface area contributed by atoms with Gasteiger partial charge in [0.05, 0.1) is 0 Å². The van der Waals surface area contributed by atoms with Gasteiger partial charge in [0.2, 0.25) is 0 Å². The second-order valence-corrected chi connectivity index (χ2v) is 6.99. The number of rotatable bonds is 8. The molecule has 1 heterocycles. The van der Waals surface area contributed by atoms with Gasteiger partial charge in [0.1, 0.15) is 18.1 Å². The third kappa shape index (κ3) is 4.52. The molecule has 0 amide bonds. The Bertz CT molecular complexity index is 878. The van der Waals surface area contributed by atoms with Gasteiger partial charge < -0.3 is 4.74 Å². The van der Waals surface area contributed by atoms with Crippen LogP contribution in [0.1, 0.15) is 24.7 Å². The van der Waals surface area contributed by atoms with Crippen LogP contribution in [0.25, 0.3) is 5.69 Å². The number of carbonyl (C=O) groups excluding carboxylic acids is 1. The Morgan fingerprint density at radius 1 is 1.08 bits per heavy atom. The highest BCUT2D eigenvalue weighted by molar-refractivity contribution is 7.99. The fourth-order valence-corrected chi connectivity index (χ4v) is 3.48. The van der Waals surface area contributed by atoms with Crippen LogP contribution in [-0.2, 0) is 11.4 Å².